The highest BCUT2D eigenvalue weighted by atomic mass is 35.5. The van der Waals surface area contributed by atoms with Crippen molar-refractivity contribution in [2.24, 2.45) is 0 Å². The van der Waals surface area contributed by atoms with Crippen LogP contribution < -0.4 is 10.1 Å². The maximum absolute atomic E-state index is 13.0. The molecule has 7 heteroatoms. The number of nitrogens with zero attached hydrogens (tertiary/aromatic N) is 1. The lowest BCUT2D eigenvalue weighted by molar-refractivity contribution is -0.140. The van der Waals surface area contributed by atoms with Crippen LogP contribution in [-0.4, -0.2) is 24.0 Å². The van der Waals surface area contributed by atoms with E-state index in [0.29, 0.717) is 18.1 Å². The third kappa shape index (κ3) is 7.21. The summed E-state index contributed by atoms with van der Waals surface area (Å²) in [5.74, 6) is 0.137. The fourth-order valence-electron chi connectivity index (χ4n) is 4.67. The Morgan fingerprint density at radius 1 is 0.878 bits per heavy atom. The highest BCUT2D eigenvalue weighted by molar-refractivity contribution is 6.31. The summed E-state index contributed by atoms with van der Waals surface area (Å²) in [7, 11) is 1.40. The summed E-state index contributed by atoms with van der Waals surface area (Å²) in [5, 5.41) is 6.76. The van der Waals surface area contributed by atoms with Gasteiger partial charge < -0.3 is 14.8 Å². The highest BCUT2D eigenvalue weighted by Crippen LogP contribution is 2.27. The molecule has 1 aromatic heterocycles. The number of ether oxygens (including phenoxy) is 2. The van der Waals surface area contributed by atoms with Gasteiger partial charge in [-0.15, -0.1) is 0 Å². The first-order valence-corrected chi connectivity index (χ1v) is 13.9. The summed E-state index contributed by atoms with van der Waals surface area (Å²) in [4.78, 5) is 28.9. The molecule has 5 aromatic rings. The van der Waals surface area contributed by atoms with Gasteiger partial charge in [-0.1, -0.05) is 60.1 Å². The lowest BCUT2D eigenvalue weighted by atomic mass is 9.97. The van der Waals surface area contributed by atoms with Crippen LogP contribution >= 0.6 is 11.6 Å². The molecule has 0 aliphatic rings. The number of anilines is 1. The number of carbonyl (C=O) groups excluding carboxylic acids is 2. The molecule has 1 unspecified atom stereocenters. The Bertz CT molecular complexity index is 1700. The average Bonchev–Trinajstić information content (AvgIpc) is 2.99. The first-order valence-electron chi connectivity index (χ1n) is 13.6. The number of esters is 1. The molecule has 1 heterocycles. The van der Waals surface area contributed by atoms with Gasteiger partial charge in [0.2, 0.25) is 5.91 Å². The van der Waals surface area contributed by atoms with E-state index in [2.05, 4.69) is 15.0 Å². The minimum atomic E-state index is -0.331. The maximum atomic E-state index is 13.0. The molecule has 0 radical (unpaired) electrons. The molecule has 0 saturated heterocycles. The first kappa shape index (κ1) is 28.1. The minimum Gasteiger partial charge on any atom is -0.487 e. The van der Waals surface area contributed by atoms with Gasteiger partial charge in [-0.25, -0.2) is 4.98 Å². The molecule has 0 spiro atoms. The van der Waals surface area contributed by atoms with Crippen molar-refractivity contribution in [3.05, 3.63) is 113 Å². The quantitative estimate of drug-likeness (QED) is 0.174. The van der Waals surface area contributed by atoms with Crippen molar-refractivity contribution in [1.29, 1.82) is 0 Å². The summed E-state index contributed by atoms with van der Waals surface area (Å²) >= 11 is 6.11. The van der Waals surface area contributed by atoms with E-state index in [1.807, 2.05) is 97.9 Å². The molecular formula is C34H31ClN2O4. The number of aromatic nitrogens is 1. The fraction of sp³-hybridized carbons (Fsp3) is 0.206. The Morgan fingerprint density at radius 2 is 1.61 bits per heavy atom. The van der Waals surface area contributed by atoms with Gasteiger partial charge in [0.1, 0.15) is 12.4 Å². The number of hydrogen-bond acceptors (Lipinski definition) is 5. The number of methoxy groups -OCH3 is 1. The molecule has 0 aliphatic carbocycles. The molecule has 4 aromatic carbocycles. The molecule has 208 valence electrons. The van der Waals surface area contributed by atoms with E-state index < -0.39 is 0 Å². The third-order valence-corrected chi connectivity index (χ3v) is 7.36. The number of hydrogen-bond donors (Lipinski definition) is 1. The lowest BCUT2D eigenvalue weighted by Gasteiger charge is -2.14. The van der Waals surface area contributed by atoms with E-state index in [1.54, 1.807) is 0 Å². The van der Waals surface area contributed by atoms with E-state index >= 15 is 0 Å². The SMILES string of the molecule is COC(=O)CCCc1ccc(NC(=O)C(C)c2ccc3cc(OCc4ccc5ccc(Cl)cc5n4)ccc3c2)cc1. The van der Waals surface area contributed by atoms with Crippen LogP contribution in [0, 0.1) is 0 Å². The van der Waals surface area contributed by atoms with Crippen LogP contribution in [0.15, 0.2) is 91.0 Å². The summed E-state index contributed by atoms with van der Waals surface area (Å²) < 4.78 is 10.7. The molecule has 1 atom stereocenters. The van der Waals surface area contributed by atoms with Crippen molar-refractivity contribution in [3.63, 3.8) is 0 Å². The molecule has 1 N–H and O–H groups in total. The van der Waals surface area contributed by atoms with Crippen molar-refractivity contribution in [3.8, 4) is 5.75 Å². The van der Waals surface area contributed by atoms with Gasteiger partial charge in [-0.3, -0.25) is 9.59 Å². The van der Waals surface area contributed by atoms with E-state index in [-0.39, 0.29) is 17.8 Å². The van der Waals surface area contributed by atoms with Crippen molar-refractivity contribution >= 4 is 50.8 Å². The van der Waals surface area contributed by atoms with Crippen LogP contribution in [0.4, 0.5) is 5.69 Å². The van der Waals surface area contributed by atoms with Crippen molar-refractivity contribution < 1.29 is 19.1 Å². The highest BCUT2D eigenvalue weighted by Gasteiger charge is 2.16. The Balaban J connectivity index is 1.18. The van der Waals surface area contributed by atoms with Crippen LogP contribution in [0.25, 0.3) is 21.7 Å². The maximum Gasteiger partial charge on any atom is 0.305 e. The molecule has 41 heavy (non-hydrogen) atoms. The standard InChI is InChI=1S/C34H31ClN2O4/c1-22(34(39)37-29-14-6-23(7-15-29)4-3-5-33(38)40-2)25-8-9-27-19-31(17-12-26(27)18-25)41-21-30-16-11-24-10-13-28(35)20-32(24)36-30/h6-20,22H,3-5,21H2,1-2H3,(H,37,39). The zero-order valence-electron chi connectivity index (χ0n) is 23.0. The molecule has 5 rings (SSSR count). The number of benzene rings is 4. The number of rotatable bonds is 10. The smallest absolute Gasteiger partial charge is 0.305 e. The van der Waals surface area contributed by atoms with E-state index in [4.69, 9.17) is 16.3 Å². The molecule has 0 aliphatic heterocycles. The van der Waals surface area contributed by atoms with Gasteiger partial charge in [0, 0.05) is 22.5 Å². The topological polar surface area (TPSA) is 77.5 Å². The van der Waals surface area contributed by atoms with Crippen LogP contribution in [0.3, 0.4) is 0 Å². The van der Waals surface area contributed by atoms with Gasteiger partial charge in [-0.2, -0.15) is 0 Å². The largest absolute Gasteiger partial charge is 0.487 e. The zero-order chi connectivity index (χ0) is 28.8. The van der Waals surface area contributed by atoms with Crippen molar-refractivity contribution in [2.75, 3.05) is 12.4 Å². The summed E-state index contributed by atoms with van der Waals surface area (Å²) in [6, 6.07) is 29.3. The number of pyridine rings is 1. The number of fused-ring (bicyclic) bond motifs is 2. The third-order valence-electron chi connectivity index (χ3n) is 7.12. The van der Waals surface area contributed by atoms with Gasteiger partial charge in [0.15, 0.2) is 0 Å². The zero-order valence-corrected chi connectivity index (χ0v) is 23.8. The summed E-state index contributed by atoms with van der Waals surface area (Å²) in [6.45, 7) is 2.25. The first-order chi connectivity index (χ1) is 19.9. The van der Waals surface area contributed by atoms with Gasteiger partial charge in [0.25, 0.3) is 0 Å². The molecule has 6 nitrogen and oxygen atoms in total. The Kier molecular flexibility index (Phi) is 8.80. The van der Waals surface area contributed by atoms with Gasteiger partial charge in [0.05, 0.1) is 24.2 Å². The van der Waals surface area contributed by atoms with E-state index in [1.165, 1.54) is 7.11 Å². The molecule has 0 fully saturated rings. The van der Waals surface area contributed by atoms with Crippen LogP contribution in [0.2, 0.25) is 5.02 Å². The number of nitrogens with one attached hydrogen (secondary N) is 1. The Morgan fingerprint density at radius 3 is 2.41 bits per heavy atom. The predicted octanol–water partition coefficient (Wildman–Crippen LogP) is 7.86. The number of halogens is 1. The van der Waals surface area contributed by atoms with Gasteiger partial charge >= 0.3 is 5.97 Å². The number of amides is 1. The molecule has 0 saturated carbocycles. The number of aryl methyl sites for hydroxylation is 1. The van der Waals surface area contributed by atoms with E-state index in [0.717, 1.165) is 62.8 Å². The molecule has 0 bridgehead atoms. The predicted molar refractivity (Wildman–Crippen MR) is 163 cm³/mol. The second-order valence-corrected chi connectivity index (χ2v) is 10.5. The Labute approximate surface area is 244 Å². The monoisotopic (exact) mass is 566 g/mol. The summed E-state index contributed by atoms with van der Waals surface area (Å²) in [6.07, 6.45) is 1.90. The molecule has 1 amide bonds. The second-order valence-electron chi connectivity index (χ2n) is 10.0. The van der Waals surface area contributed by atoms with Gasteiger partial charge in [-0.05, 0) is 84.1 Å². The Hall–Kier alpha value is -4.42. The normalized spacial score (nSPS) is 11.8. The van der Waals surface area contributed by atoms with Crippen LogP contribution in [-0.2, 0) is 27.4 Å². The second kappa shape index (κ2) is 12.8. The summed E-state index contributed by atoms with van der Waals surface area (Å²) in [5.41, 5.74) is 4.44. The van der Waals surface area contributed by atoms with Crippen molar-refractivity contribution in [1.82, 2.24) is 4.98 Å². The fourth-order valence-corrected chi connectivity index (χ4v) is 4.83. The number of carbonyl (C=O) groups is 2. The van der Waals surface area contributed by atoms with Crippen LogP contribution in [0.1, 0.15) is 42.5 Å². The lowest BCUT2D eigenvalue weighted by Crippen LogP contribution is -2.18. The van der Waals surface area contributed by atoms with Crippen molar-refractivity contribution in [2.45, 2.75) is 38.7 Å². The van der Waals surface area contributed by atoms with E-state index in [9.17, 15) is 9.59 Å². The minimum absolute atomic E-state index is 0.0769. The molecular weight excluding hydrogens is 536 g/mol. The van der Waals surface area contributed by atoms with Crippen LogP contribution in [0.5, 0.6) is 5.75 Å². The average molecular weight is 567 g/mol.